The fourth-order valence-corrected chi connectivity index (χ4v) is 18.2. The van der Waals surface area contributed by atoms with Crippen LogP contribution in [0.25, 0.3) is 91.4 Å². The summed E-state index contributed by atoms with van der Waals surface area (Å²) in [5.41, 5.74) is 21.0. The quantitative estimate of drug-likeness (QED) is 0.0394. The Kier molecular flexibility index (Phi) is 19.7. The molecule has 0 atom stereocenters. The second kappa shape index (κ2) is 28.0. The van der Waals surface area contributed by atoms with Gasteiger partial charge in [-0.15, -0.1) is 32.9 Å². The van der Waals surface area contributed by atoms with Gasteiger partial charge in [-0.1, -0.05) is 266 Å². The molecule has 0 fully saturated rings. The van der Waals surface area contributed by atoms with E-state index >= 15 is 0 Å². The van der Waals surface area contributed by atoms with Gasteiger partial charge in [-0.05, 0) is 137 Å². The Morgan fingerprint density at radius 2 is 0.690 bits per heavy atom. The molecular weight excluding hydrogens is 1100 g/mol. The number of unbranched alkanes of at least 4 members (excludes halogenated alkanes) is 20. The highest BCUT2D eigenvalue weighted by molar-refractivity contribution is 7.36. The average Bonchev–Trinajstić information content (AvgIpc) is 1.66. The van der Waals surface area contributed by atoms with Gasteiger partial charge in [0.05, 0.1) is 20.8 Å². The lowest BCUT2D eigenvalue weighted by Crippen LogP contribution is -2.26. The summed E-state index contributed by atoms with van der Waals surface area (Å²) in [5, 5.41) is 11.4. The summed E-state index contributed by atoms with van der Waals surface area (Å²) in [6, 6.07) is 46.2. The van der Waals surface area contributed by atoms with E-state index < -0.39 is 0 Å². The number of hydrogen-bond donors (Lipinski definition) is 0. The zero-order valence-electron chi connectivity index (χ0n) is 53.5. The molecule has 0 radical (unpaired) electrons. The molecule has 0 aliphatic heterocycles. The van der Waals surface area contributed by atoms with Gasteiger partial charge < -0.3 is 0 Å². The number of thiophene rings is 2. The summed E-state index contributed by atoms with van der Waals surface area (Å²) < 4.78 is 7.53. The van der Waals surface area contributed by atoms with Crippen molar-refractivity contribution in [2.45, 2.75) is 232 Å². The van der Waals surface area contributed by atoms with Crippen LogP contribution in [0.15, 0.2) is 128 Å². The normalized spacial score (nSPS) is 13.7. The van der Waals surface area contributed by atoms with E-state index in [-0.39, 0.29) is 10.8 Å². The molecule has 12 rings (SSSR count). The van der Waals surface area contributed by atoms with E-state index in [1.54, 1.807) is 18.2 Å². The smallest absolute Gasteiger partial charge is 0.237 e. The van der Waals surface area contributed by atoms with Crippen LogP contribution in [0.3, 0.4) is 0 Å². The number of aromatic nitrogens is 5. The van der Waals surface area contributed by atoms with Crippen LogP contribution < -0.4 is 0 Å². The van der Waals surface area contributed by atoms with Crippen molar-refractivity contribution in [2.24, 2.45) is 0 Å². The first-order valence-corrected chi connectivity index (χ1v) is 36.0. The molecule has 0 unspecified atom stereocenters. The maximum atomic E-state index is 5.47. The molecule has 0 saturated heterocycles. The third-order valence-corrected chi connectivity index (χ3v) is 22.7. The molecule has 0 saturated carbocycles. The maximum Gasteiger partial charge on any atom is 0.237 e. The van der Waals surface area contributed by atoms with Crippen molar-refractivity contribution in [3.8, 4) is 61.8 Å². The van der Waals surface area contributed by atoms with Gasteiger partial charge in [0.25, 0.3) is 0 Å². The van der Waals surface area contributed by atoms with Crippen molar-refractivity contribution < 1.29 is 0 Å². The molecule has 2 aliphatic carbocycles. The third-order valence-electron chi connectivity index (χ3n) is 20.2. The Bertz CT molecular complexity index is 3920. The van der Waals surface area contributed by atoms with Gasteiger partial charge in [0, 0.05) is 42.1 Å². The standard InChI is InChI=1S/C80H95N5S2/c1-7-11-15-19-23-27-43-79(44-28-24-20-16-12-8-2)68-47-56(5)31-37-62(68)64-40-35-60(50-70(64)79)72-53-73(84-78(83-72)85-54-81-82-55-85)61-36-41-65-63-39-33-58(59-34-42-67-75(52-59)87-76-66-38-32-57(6)48-74(66)86-77(67)76)49-69(63)80(71(65)51-61,45-29-25-21-17-13-9-3)46-30-26-22-18-14-10-4/h31-42,47-55H,7-30,43-46H2,1-6H3. The van der Waals surface area contributed by atoms with Crippen molar-refractivity contribution in [3.05, 3.63) is 161 Å². The van der Waals surface area contributed by atoms with Crippen molar-refractivity contribution in [3.63, 3.8) is 0 Å². The topological polar surface area (TPSA) is 56.5 Å². The van der Waals surface area contributed by atoms with E-state index in [2.05, 4.69) is 167 Å². The van der Waals surface area contributed by atoms with Crippen LogP contribution in [0.1, 0.15) is 241 Å². The van der Waals surface area contributed by atoms with Gasteiger partial charge >= 0.3 is 0 Å². The predicted molar refractivity (Wildman–Crippen MR) is 375 cm³/mol. The minimum atomic E-state index is -0.130. The van der Waals surface area contributed by atoms with E-state index in [9.17, 15) is 0 Å². The molecule has 10 aromatic rings. The van der Waals surface area contributed by atoms with Crippen LogP contribution in [-0.4, -0.2) is 24.7 Å². The Labute approximate surface area is 528 Å². The summed E-state index contributed by atoms with van der Waals surface area (Å²) >= 11 is 3.92. The summed E-state index contributed by atoms with van der Waals surface area (Å²) in [6.45, 7) is 13.8. The number of hydrogen-bond acceptors (Lipinski definition) is 6. The molecule has 0 spiro atoms. The number of nitrogens with zero attached hydrogens (tertiary/aromatic N) is 5. The fourth-order valence-electron chi connectivity index (χ4n) is 15.5. The Balaban J connectivity index is 0.956. The van der Waals surface area contributed by atoms with Crippen LogP contribution in [0.2, 0.25) is 0 Å². The number of benzene rings is 6. The number of rotatable bonds is 32. The minimum absolute atomic E-state index is 0.0402. The summed E-state index contributed by atoms with van der Waals surface area (Å²) in [7, 11) is 0. The third kappa shape index (κ3) is 12.7. The van der Waals surface area contributed by atoms with Crippen LogP contribution in [0.5, 0.6) is 0 Å². The lowest BCUT2D eigenvalue weighted by molar-refractivity contribution is 0.398. The van der Waals surface area contributed by atoms with Crippen molar-refractivity contribution in [2.75, 3.05) is 0 Å². The second-order valence-corrected chi connectivity index (χ2v) is 28.6. The van der Waals surface area contributed by atoms with Crippen LogP contribution >= 0.6 is 22.7 Å². The van der Waals surface area contributed by atoms with Crippen LogP contribution in [0.4, 0.5) is 0 Å². The maximum absolute atomic E-state index is 5.47. The molecule has 4 heterocycles. The predicted octanol–water partition coefficient (Wildman–Crippen LogP) is 24.8. The largest absolute Gasteiger partial charge is 0.255 e. The molecule has 87 heavy (non-hydrogen) atoms. The SMILES string of the molecule is CCCCCCCCC1(CCCCCCCC)c2cc(C)ccc2-c2ccc(-c3cc(-c4ccc5c(c4)C(CCCCCCCC)(CCCCCCCC)c4cc(-c6ccc7c(c6)sc6c8ccc(C)cc8sc76)ccc4-5)nc(-n4cnnc4)n3)cc21. The minimum Gasteiger partial charge on any atom is -0.255 e. The summed E-state index contributed by atoms with van der Waals surface area (Å²) in [5.74, 6) is 0.599. The van der Waals surface area contributed by atoms with Gasteiger partial charge in [-0.25, -0.2) is 9.97 Å². The van der Waals surface area contributed by atoms with Crippen molar-refractivity contribution in [1.29, 1.82) is 0 Å². The first-order valence-electron chi connectivity index (χ1n) is 34.4. The van der Waals surface area contributed by atoms with Crippen LogP contribution in [-0.2, 0) is 10.8 Å². The lowest BCUT2D eigenvalue weighted by atomic mass is 9.70. The summed E-state index contributed by atoms with van der Waals surface area (Å²) in [6.07, 6.45) is 39.2. The summed E-state index contributed by atoms with van der Waals surface area (Å²) in [4.78, 5) is 10.9. The molecule has 4 aromatic heterocycles. The molecule has 0 bridgehead atoms. The highest BCUT2D eigenvalue weighted by Crippen LogP contribution is 2.58. The molecular formula is C80H95N5S2. The van der Waals surface area contributed by atoms with E-state index in [0.29, 0.717) is 5.95 Å². The average molecular weight is 1190 g/mol. The Hall–Kier alpha value is -6.28. The van der Waals surface area contributed by atoms with E-state index in [4.69, 9.17) is 9.97 Å². The Morgan fingerprint density at radius 1 is 0.345 bits per heavy atom. The number of aryl methyl sites for hydroxylation is 2. The molecule has 0 N–H and O–H groups in total. The highest BCUT2D eigenvalue weighted by Gasteiger charge is 2.44. The van der Waals surface area contributed by atoms with E-state index in [0.717, 1.165) is 35.4 Å². The first kappa shape index (κ1) is 61.0. The molecule has 5 nitrogen and oxygen atoms in total. The van der Waals surface area contributed by atoms with E-state index in [1.807, 2.05) is 27.2 Å². The molecule has 7 heteroatoms. The van der Waals surface area contributed by atoms with Crippen molar-refractivity contribution in [1.82, 2.24) is 24.7 Å². The Morgan fingerprint density at radius 3 is 1.16 bits per heavy atom. The van der Waals surface area contributed by atoms with Gasteiger partial charge in [0.2, 0.25) is 5.95 Å². The van der Waals surface area contributed by atoms with Gasteiger partial charge in [0.1, 0.15) is 12.7 Å². The lowest BCUT2D eigenvalue weighted by Gasteiger charge is -2.33. The number of fused-ring (bicyclic) bond motifs is 11. The first-order chi connectivity index (χ1) is 42.7. The second-order valence-electron chi connectivity index (χ2n) is 26.4. The van der Waals surface area contributed by atoms with E-state index in [1.165, 1.54) is 258 Å². The van der Waals surface area contributed by atoms with Gasteiger partial charge in [-0.2, -0.15) is 0 Å². The zero-order valence-corrected chi connectivity index (χ0v) is 55.1. The molecule has 2 aliphatic rings. The molecule has 6 aromatic carbocycles. The molecule has 452 valence electrons. The van der Waals surface area contributed by atoms with Crippen LogP contribution in [0, 0.1) is 13.8 Å². The monoisotopic (exact) mass is 1190 g/mol. The van der Waals surface area contributed by atoms with Gasteiger partial charge in [0.15, 0.2) is 0 Å². The van der Waals surface area contributed by atoms with Gasteiger partial charge in [-0.3, -0.25) is 4.57 Å². The fraction of sp³-hybridized carbons (Fsp3) is 0.450. The highest BCUT2D eigenvalue weighted by atomic mass is 32.1. The van der Waals surface area contributed by atoms with Crippen molar-refractivity contribution >= 4 is 52.2 Å². The zero-order chi connectivity index (χ0) is 59.7. The molecule has 0 amide bonds.